The molecule has 1 amide bonds. The second-order valence-electron chi connectivity index (χ2n) is 7.38. The molecule has 3 aromatic carbocycles. The van der Waals surface area contributed by atoms with E-state index in [4.69, 9.17) is 14.2 Å². The van der Waals surface area contributed by atoms with Crippen LogP contribution in [0.3, 0.4) is 0 Å². The van der Waals surface area contributed by atoms with Gasteiger partial charge in [0.15, 0.2) is 0 Å². The number of carbonyl (C=O) groups is 2. The molecule has 3 aromatic rings. The molecule has 3 rings (SSSR count). The molecule has 0 spiro atoms. The van der Waals surface area contributed by atoms with Gasteiger partial charge in [-0.15, -0.1) is 0 Å². The van der Waals surface area contributed by atoms with Gasteiger partial charge in [0.1, 0.15) is 24.7 Å². The Hall–Kier alpha value is -3.80. The van der Waals surface area contributed by atoms with E-state index in [-0.39, 0.29) is 18.4 Å². The van der Waals surface area contributed by atoms with E-state index in [1.165, 1.54) is 7.11 Å². The molecule has 6 heteroatoms. The highest BCUT2D eigenvalue weighted by Crippen LogP contribution is 2.25. The van der Waals surface area contributed by atoms with Gasteiger partial charge in [0.2, 0.25) is 0 Å². The van der Waals surface area contributed by atoms with Crippen molar-refractivity contribution < 1.29 is 23.8 Å². The van der Waals surface area contributed by atoms with Gasteiger partial charge in [0.05, 0.1) is 13.0 Å². The quantitative estimate of drug-likeness (QED) is 0.480. The second-order valence-corrected chi connectivity index (χ2v) is 7.38. The molecule has 0 aromatic heterocycles. The highest BCUT2D eigenvalue weighted by molar-refractivity contribution is 5.95. The first-order valence-corrected chi connectivity index (χ1v) is 10.4. The van der Waals surface area contributed by atoms with Crippen LogP contribution in [-0.2, 0) is 22.7 Å². The number of nitrogens with one attached hydrogen (secondary N) is 1. The smallest absolute Gasteiger partial charge is 0.310 e. The first-order chi connectivity index (χ1) is 15.5. The predicted octanol–water partition coefficient (Wildman–Crippen LogP) is 4.38. The molecular weight excluding hydrogens is 406 g/mol. The van der Waals surface area contributed by atoms with Gasteiger partial charge < -0.3 is 19.5 Å². The topological polar surface area (TPSA) is 73.9 Å². The van der Waals surface area contributed by atoms with Crippen LogP contribution in [0, 0.1) is 5.92 Å². The third-order valence-corrected chi connectivity index (χ3v) is 4.81. The Morgan fingerprint density at radius 2 is 1.31 bits per heavy atom. The lowest BCUT2D eigenvalue weighted by Gasteiger charge is -2.14. The zero-order valence-electron chi connectivity index (χ0n) is 18.2. The Morgan fingerprint density at radius 3 is 1.78 bits per heavy atom. The predicted molar refractivity (Wildman–Crippen MR) is 122 cm³/mol. The first-order valence-electron chi connectivity index (χ1n) is 10.4. The van der Waals surface area contributed by atoms with Crippen LogP contribution >= 0.6 is 0 Å². The monoisotopic (exact) mass is 433 g/mol. The van der Waals surface area contributed by atoms with E-state index in [1.54, 1.807) is 25.1 Å². The molecule has 1 N–H and O–H groups in total. The minimum Gasteiger partial charge on any atom is -0.489 e. The molecular formula is C26H27NO5. The van der Waals surface area contributed by atoms with E-state index in [1.807, 2.05) is 60.7 Å². The Bertz CT molecular complexity index is 959. The number of hydrogen-bond acceptors (Lipinski definition) is 5. The molecule has 0 aliphatic carbocycles. The van der Waals surface area contributed by atoms with Gasteiger partial charge in [-0.2, -0.15) is 0 Å². The molecule has 0 saturated heterocycles. The van der Waals surface area contributed by atoms with E-state index < -0.39 is 5.92 Å². The third kappa shape index (κ3) is 6.87. The van der Waals surface area contributed by atoms with Crippen molar-refractivity contribution in [2.24, 2.45) is 5.92 Å². The summed E-state index contributed by atoms with van der Waals surface area (Å²) in [5, 5.41) is 2.77. The van der Waals surface area contributed by atoms with E-state index in [0.29, 0.717) is 30.3 Å². The first kappa shape index (κ1) is 22.9. The van der Waals surface area contributed by atoms with Crippen LogP contribution in [0.1, 0.15) is 28.4 Å². The lowest BCUT2D eigenvalue weighted by Crippen LogP contribution is -2.32. The van der Waals surface area contributed by atoms with Crippen molar-refractivity contribution in [2.45, 2.75) is 20.1 Å². The van der Waals surface area contributed by atoms with Crippen molar-refractivity contribution >= 4 is 11.9 Å². The number of esters is 1. The van der Waals surface area contributed by atoms with E-state index in [9.17, 15) is 9.59 Å². The van der Waals surface area contributed by atoms with Gasteiger partial charge >= 0.3 is 5.97 Å². The fourth-order valence-electron chi connectivity index (χ4n) is 2.98. The van der Waals surface area contributed by atoms with Crippen LogP contribution in [0.15, 0.2) is 78.9 Å². The van der Waals surface area contributed by atoms with Gasteiger partial charge in [0, 0.05) is 18.2 Å². The maximum Gasteiger partial charge on any atom is 0.310 e. The van der Waals surface area contributed by atoms with Crippen molar-refractivity contribution in [2.75, 3.05) is 13.7 Å². The Labute approximate surface area is 188 Å². The van der Waals surface area contributed by atoms with Crippen LogP contribution in [0.2, 0.25) is 0 Å². The molecule has 0 unspecified atom stereocenters. The van der Waals surface area contributed by atoms with Gasteiger partial charge in [-0.1, -0.05) is 67.6 Å². The fraction of sp³-hybridized carbons (Fsp3) is 0.231. The van der Waals surface area contributed by atoms with Crippen LogP contribution in [-0.4, -0.2) is 25.5 Å². The maximum absolute atomic E-state index is 12.7. The highest BCUT2D eigenvalue weighted by atomic mass is 16.5. The van der Waals surface area contributed by atoms with Crippen molar-refractivity contribution in [3.05, 3.63) is 95.6 Å². The SMILES string of the molecule is COC(=O)[C@@H](C)CNC(=O)c1cc(OCc2ccccc2)cc(OCc2ccccc2)c1. The number of benzene rings is 3. The fourth-order valence-corrected chi connectivity index (χ4v) is 2.98. The molecule has 0 saturated carbocycles. The summed E-state index contributed by atoms with van der Waals surface area (Å²) < 4.78 is 16.6. The summed E-state index contributed by atoms with van der Waals surface area (Å²) in [6, 6.07) is 24.6. The number of carbonyl (C=O) groups excluding carboxylic acids is 2. The van der Waals surface area contributed by atoms with Gasteiger partial charge in [-0.3, -0.25) is 9.59 Å². The molecule has 0 fully saturated rings. The summed E-state index contributed by atoms with van der Waals surface area (Å²) in [6.07, 6.45) is 0. The average molecular weight is 434 g/mol. The maximum atomic E-state index is 12.7. The molecule has 1 atom stereocenters. The lowest BCUT2D eigenvalue weighted by molar-refractivity contribution is -0.144. The highest BCUT2D eigenvalue weighted by Gasteiger charge is 2.16. The second kappa shape index (κ2) is 11.6. The van der Waals surface area contributed by atoms with Crippen LogP contribution in [0.4, 0.5) is 0 Å². The van der Waals surface area contributed by atoms with Gasteiger partial charge in [-0.05, 0) is 23.3 Å². The lowest BCUT2D eigenvalue weighted by atomic mass is 10.1. The summed E-state index contributed by atoms with van der Waals surface area (Å²) in [4.78, 5) is 24.3. The third-order valence-electron chi connectivity index (χ3n) is 4.81. The number of hydrogen-bond donors (Lipinski definition) is 1. The number of ether oxygens (including phenoxy) is 3. The average Bonchev–Trinajstić information content (AvgIpc) is 2.85. The molecule has 6 nitrogen and oxygen atoms in total. The summed E-state index contributed by atoms with van der Waals surface area (Å²) in [5.41, 5.74) is 2.41. The minimum atomic E-state index is -0.449. The molecule has 0 bridgehead atoms. The number of methoxy groups -OCH3 is 1. The summed E-state index contributed by atoms with van der Waals surface area (Å²) >= 11 is 0. The van der Waals surface area contributed by atoms with Gasteiger partial charge in [-0.25, -0.2) is 0 Å². The van der Waals surface area contributed by atoms with Crippen LogP contribution in [0.25, 0.3) is 0 Å². The van der Waals surface area contributed by atoms with E-state index in [2.05, 4.69) is 5.32 Å². The molecule has 166 valence electrons. The largest absolute Gasteiger partial charge is 0.489 e. The zero-order chi connectivity index (χ0) is 22.8. The van der Waals surface area contributed by atoms with Crippen molar-refractivity contribution in [1.29, 1.82) is 0 Å². The molecule has 0 aliphatic rings. The number of rotatable bonds is 10. The normalized spacial score (nSPS) is 11.3. The molecule has 0 heterocycles. The Balaban J connectivity index is 1.74. The summed E-state index contributed by atoms with van der Waals surface area (Å²) in [7, 11) is 1.32. The molecule has 0 radical (unpaired) electrons. The van der Waals surface area contributed by atoms with Crippen molar-refractivity contribution in [1.82, 2.24) is 5.32 Å². The molecule has 32 heavy (non-hydrogen) atoms. The van der Waals surface area contributed by atoms with Crippen molar-refractivity contribution in [3.8, 4) is 11.5 Å². The van der Waals surface area contributed by atoms with E-state index in [0.717, 1.165) is 11.1 Å². The Kier molecular flexibility index (Phi) is 8.26. The zero-order valence-corrected chi connectivity index (χ0v) is 18.2. The van der Waals surface area contributed by atoms with Crippen LogP contribution < -0.4 is 14.8 Å². The minimum absolute atomic E-state index is 0.167. The van der Waals surface area contributed by atoms with Gasteiger partial charge in [0.25, 0.3) is 5.91 Å². The van der Waals surface area contributed by atoms with Crippen LogP contribution in [0.5, 0.6) is 11.5 Å². The number of amides is 1. The van der Waals surface area contributed by atoms with E-state index >= 15 is 0 Å². The Morgan fingerprint density at radius 1 is 0.812 bits per heavy atom. The van der Waals surface area contributed by atoms with Crippen molar-refractivity contribution in [3.63, 3.8) is 0 Å². The standard InChI is InChI=1S/C26H27NO5/c1-19(26(29)30-2)16-27-25(28)22-13-23(31-17-20-9-5-3-6-10-20)15-24(14-22)32-18-21-11-7-4-8-12-21/h3-15,19H,16-18H2,1-2H3,(H,27,28)/t19-/m0/s1. The molecule has 0 aliphatic heterocycles. The summed E-state index contributed by atoms with van der Waals surface area (Å²) in [5.74, 6) is -0.112. The summed E-state index contributed by atoms with van der Waals surface area (Å²) in [6.45, 7) is 2.59.